The van der Waals surface area contributed by atoms with E-state index in [0.29, 0.717) is 29.6 Å². The molecular formula is C25H42O4. The van der Waals surface area contributed by atoms with Gasteiger partial charge in [-0.1, -0.05) is 34.1 Å². The van der Waals surface area contributed by atoms with Gasteiger partial charge in [-0.3, -0.25) is 4.79 Å². The average Bonchev–Trinajstić information content (AvgIpc) is 3.00. The molecule has 0 aromatic heterocycles. The van der Waals surface area contributed by atoms with E-state index < -0.39 is 5.97 Å². The van der Waals surface area contributed by atoms with Crippen molar-refractivity contribution in [3.8, 4) is 0 Å². The number of aliphatic hydroxyl groups excluding tert-OH is 2. The van der Waals surface area contributed by atoms with Crippen LogP contribution in [0.2, 0.25) is 0 Å². The van der Waals surface area contributed by atoms with Gasteiger partial charge in [0.25, 0.3) is 0 Å². The van der Waals surface area contributed by atoms with Gasteiger partial charge < -0.3 is 15.3 Å². The Balaban J connectivity index is 1.66. The van der Waals surface area contributed by atoms with Crippen LogP contribution in [-0.4, -0.2) is 33.5 Å². The molecule has 4 aliphatic rings. The lowest BCUT2D eigenvalue weighted by Gasteiger charge is -2.64. The summed E-state index contributed by atoms with van der Waals surface area (Å²) in [5.41, 5.74) is 0.391. The molecule has 0 radical (unpaired) electrons. The summed E-state index contributed by atoms with van der Waals surface area (Å²) in [5.74, 6) is 2.09. The van der Waals surface area contributed by atoms with Crippen LogP contribution in [-0.2, 0) is 4.79 Å². The molecule has 0 aliphatic heterocycles. The molecule has 0 amide bonds. The van der Waals surface area contributed by atoms with Crippen molar-refractivity contribution in [3.63, 3.8) is 0 Å². The predicted molar refractivity (Wildman–Crippen MR) is 113 cm³/mol. The van der Waals surface area contributed by atoms with Crippen molar-refractivity contribution in [2.24, 2.45) is 52.3 Å². The van der Waals surface area contributed by atoms with Crippen molar-refractivity contribution in [2.45, 2.75) is 97.7 Å². The highest BCUT2D eigenvalue weighted by molar-refractivity contribution is 5.67. The quantitative estimate of drug-likeness (QED) is 0.631. The molecule has 4 saturated carbocycles. The molecule has 4 unspecified atom stereocenters. The number of hydrogen-bond donors (Lipinski definition) is 3. The van der Waals surface area contributed by atoms with Gasteiger partial charge in [0.1, 0.15) is 0 Å². The molecule has 4 rings (SSSR count). The van der Waals surface area contributed by atoms with E-state index in [4.69, 9.17) is 0 Å². The lowest BCUT2D eigenvalue weighted by atomic mass is 9.41. The van der Waals surface area contributed by atoms with Crippen LogP contribution < -0.4 is 0 Å². The minimum Gasteiger partial charge on any atom is -0.481 e. The van der Waals surface area contributed by atoms with E-state index in [1.165, 1.54) is 6.42 Å². The second-order valence-electron chi connectivity index (χ2n) is 11.7. The first-order chi connectivity index (χ1) is 13.6. The summed E-state index contributed by atoms with van der Waals surface area (Å²) in [5, 5.41) is 31.4. The first-order valence-corrected chi connectivity index (χ1v) is 12.2. The summed E-state index contributed by atoms with van der Waals surface area (Å²) in [6.07, 6.45) is 8.21. The van der Waals surface area contributed by atoms with Gasteiger partial charge in [0.2, 0.25) is 0 Å². The topological polar surface area (TPSA) is 77.8 Å². The average molecular weight is 407 g/mol. The Morgan fingerprint density at radius 1 is 1.00 bits per heavy atom. The predicted octanol–water partition coefficient (Wildman–Crippen LogP) is 4.72. The van der Waals surface area contributed by atoms with Crippen molar-refractivity contribution in [2.75, 3.05) is 0 Å². The zero-order chi connectivity index (χ0) is 21.1. The van der Waals surface area contributed by atoms with Gasteiger partial charge in [0.15, 0.2) is 0 Å². The second-order valence-corrected chi connectivity index (χ2v) is 11.7. The smallest absolute Gasteiger partial charge is 0.303 e. The number of hydrogen-bond acceptors (Lipinski definition) is 3. The largest absolute Gasteiger partial charge is 0.481 e. The van der Waals surface area contributed by atoms with Gasteiger partial charge >= 0.3 is 5.97 Å². The van der Waals surface area contributed by atoms with Crippen molar-refractivity contribution in [1.29, 1.82) is 0 Å². The number of carbonyl (C=O) groups is 1. The number of carboxylic acids is 1. The van der Waals surface area contributed by atoms with Gasteiger partial charge in [-0.05, 0) is 97.2 Å². The van der Waals surface area contributed by atoms with Gasteiger partial charge in [-0.25, -0.2) is 0 Å². The van der Waals surface area contributed by atoms with E-state index in [2.05, 4.69) is 27.7 Å². The zero-order valence-electron chi connectivity index (χ0n) is 18.8. The molecule has 4 fully saturated rings. The molecule has 29 heavy (non-hydrogen) atoms. The molecule has 4 nitrogen and oxygen atoms in total. The highest BCUT2D eigenvalue weighted by Gasteiger charge is 2.64. The third-order valence-electron chi connectivity index (χ3n) is 10.6. The third-order valence-corrected chi connectivity index (χ3v) is 10.6. The van der Waals surface area contributed by atoms with E-state index in [9.17, 15) is 20.1 Å². The fourth-order valence-corrected chi connectivity index (χ4v) is 9.35. The lowest BCUT2D eigenvalue weighted by Crippen LogP contribution is -2.62. The molecule has 0 spiro atoms. The number of rotatable bonds is 4. The molecule has 0 bridgehead atoms. The molecule has 11 atom stereocenters. The monoisotopic (exact) mass is 406 g/mol. The normalized spacial score (nSPS) is 52.9. The van der Waals surface area contributed by atoms with Crippen LogP contribution in [0.25, 0.3) is 0 Å². The minimum atomic E-state index is -0.682. The van der Waals surface area contributed by atoms with Crippen LogP contribution in [0.15, 0.2) is 0 Å². The maximum absolute atomic E-state index is 11.7. The Morgan fingerprint density at radius 3 is 2.31 bits per heavy atom. The maximum atomic E-state index is 11.7. The van der Waals surface area contributed by atoms with E-state index in [1.807, 2.05) is 0 Å². The first kappa shape index (κ1) is 21.6. The van der Waals surface area contributed by atoms with Crippen LogP contribution in [0.3, 0.4) is 0 Å². The third kappa shape index (κ3) is 3.19. The minimum absolute atomic E-state index is 0.159. The number of fused-ring (bicyclic) bond motifs is 5. The van der Waals surface area contributed by atoms with Crippen LogP contribution >= 0.6 is 0 Å². The van der Waals surface area contributed by atoms with Crippen LogP contribution in [0.4, 0.5) is 0 Å². The Bertz CT molecular complexity index is 634. The molecule has 0 saturated heterocycles. The summed E-state index contributed by atoms with van der Waals surface area (Å²) in [4.78, 5) is 11.4. The van der Waals surface area contributed by atoms with Crippen molar-refractivity contribution < 1.29 is 20.1 Å². The van der Waals surface area contributed by atoms with Crippen LogP contribution in [0.5, 0.6) is 0 Å². The number of aliphatic carboxylic acids is 1. The second kappa shape index (κ2) is 7.51. The fourth-order valence-electron chi connectivity index (χ4n) is 9.35. The van der Waals surface area contributed by atoms with E-state index in [0.717, 1.165) is 44.9 Å². The summed E-state index contributed by atoms with van der Waals surface area (Å²) in [7, 11) is 0. The number of aliphatic hydroxyl groups is 2. The molecular weight excluding hydrogens is 364 g/mol. The van der Waals surface area contributed by atoms with E-state index in [1.54, 1.807) is 0 Å². The molecule has 4 heteroatoms. The molecule has 166 valence electrons. The standard InChI is InChI=1S/C25H42O4/c1-5-16-20-13-15(26)8-10-25(20,4)19-9-11-24(3)17(14(2)12-21(27)28)6-7-18(24)22(19)23(16)29/h14-20,22-23,26,29H,5-13H2,1-4H3,(H,27,28)/t14-,15-,16-,17-,18?,19?,20+,22?,23?,24-,25-/m1/s1. The molecule has 0 aromatic rings. The summed E-state index contributed by atoms with van der Waals surface area (Å²) >= 11 is 0. The Kier molecular flexibility index (Phi) is 5.60. The molecule has 0 aromatic carbocycles. The lowest BCUT2D eigenvalue weighted by molar-refractivity contribution is -0.203. The molecule has 0 heterocycles. The SMILES string of the molecule is CC[C@H]1C(O)C2C3CC[C@H]([C@H](C)CC(=O)O)[C@@]3(C)CCC2[C@@]2(C)CC[C@@H](O)C[C@@H]12. The van der Waals surface area contributed by atoms with Crippen molar-refractivity contribution in [3.05, 3.63) is 0 Å². The summed E-state index contributed by atoms with van der Waals surface area (Å²) in [6, 6.07) is 0. The van der Waals surface area contributed by atoms with Gasteiger partial charge in [-0.15, -0.1) is 0 Å². The Labute approximate surface area is 176 Å². The highest BCUT2D eigenvalue weighted by atomic mass is 16.4. The van der Waals surface area contributed by atoms with E-state index >= 15 is 0 Å². The Morgan fingerprint density at radius 2 is 1.66 bits per heavy atom. The first-order valence-electron chi connectivity index (χ1n) is 12.2. The highest BCUT2D eigenvalue weighted by Crippen LogP contribution is 2.69. The van der Waals surface area contributed by atoms with Gasteiger partial charge in [-0.2, -0.15) is 0 Å². The van der Waals surface area contributed by atoms with Crippen molar-refractivity contribution in [1.82, 2.24) is 0 Å². The van der Waals surface area contributed by atoms with Gasteiger partial charge in [0.05, 0.1) is 12.2 Å². The van der Waals surface area contributed by atoms with E-state index in [-0.39, 0.29) is 41.3 Å². The molecule has 3 N–H and O–H groups in total. The molecule has 4 aliphatic carbocycles. The number of carboxylic acid groups (broad SMARTS) is 1. The fraction of sp³-hybridized carbons (Fsp3) is 0.960. The maximum Gasteiger partial charge on any atom is 0.303 e. The Hall–Kier alpha value is -0.610. The summed E-state index contributed by atoms with van der Waals surface area (Å²) < 4.78 is 0. The van der Waals surface area contributed by atoms with Crippen LogP contribution in [0.1, 0.15) is 85.5 Å². The van der Waals surface area contributed by atoms with Crippen LogP contribution in [0, 0.1) is 52.3 Å². The summed E-state index contributed by atoms with van der Waals surface area (Å²) in [6.45, 7) is 9.23. The van der Waals surface area contributed by atoms with Gasteiger partial charge in [0, 0.05) is 6.42 Å². The van der Waals surface area contributed by atoms with Crippen molar-refractivity contribution >= 4 is 5.97 Å². The zero-order valence-corrected chi connectivity index (χ0v) is 18.8.